The van der Waals surface area contributed by atoms with Gasteiger partial charge in [0.1, 0.15) is 17.1 Å². The fourth-order valence-corrected chi connectivity index (χ4v) is 2.96. The lowest BCUT2D eigenvalue weighted by Crippen LogP contribution is -2.12. The van der Waals surface area contributed by atoms with E-state index < -0.39 is 5.91 Å². The number of nitrogens with zero attached hydrogens (tertiary/aromatic N) is 2. The third-order valence-electron chi connectivity index (χ3n) is 4.36. The molecule has 1 amide bonds. The highest BCUT2D eigenvalue weighted by molar-refractivity contribution is 6.03. The van der Waals surface area contributed by atoms with E-state index in [2.05, 4.69) is 15.5 Å². The number of carbonyl (C=O) groups is 1. The van der Waals surface area contributed by atoms with Crippen molar-refractivity contribution in [1.82, 2.24) is 10.2 Å². The van der Waals surface area contributed by atoms with Crippen LogP contribution >= 0.6 is 0 Å². The third kappa shape index (κ3) is 3.64. The van der Waals surface area contributed by atoms with Crippen LogP contribution in [-0.2, 0) is 0 Å². The fraction of sp³-hybridized carbons (Fsp3) is 0. The normalized spacial score (nSPS) is 10.8. The second kappa shape index (κ2) is 7.56. The van der Waals surface area contributed by atoms with E-state index in [1.165, 1.54) is 0 Å². The molecule has 0 spiro atoms. The van der Waals surface area contributed by atoms with E-state index in [1.54, 1.807) is 30.3 Å². The highest BCUT2D eigenvalue weighted by Crippen LogP contribution is 2.28. The number of hydrogen-bond donors (Lipinski definition) is 1. The number of ether oxygens (including phenoxy) is 1. The van der Waals surface area contributed by atoms with E-state index in [1.807, 2.05) is 54.6 Å². The Labute approximate surface area is 170 Å². The van der Waals surface area contributed by atoms with Crippen LogP contribution in [0.2, 0.25) is 0 Å². The summed E-state index contributed by atoms with van der Waals surface area (Å²) in [6.45, 7) is 0. The van der Waals surface area contributed by atoms with E-state index in [0.717, 1.165) is 5.39 Å². The zero-order chi connectivity index (χ0) is 20.3. The van der Waals surface area contributed by atoms with E-state index in [4.69, 9.17) is 13.6 Å². The zero-order valence-electron chi connectivity index (χ0n) is 15.6. The Morgan fingerprint density at radius 1 is 0.800 bits per heavy atom. The van der Waals surface area contributed by atoms with Gasteiger partial charge in [-0.05, 0) is 42.5 Å². The maximum absolute atomic E-state index is 12.6. The number of aromatic nitrogens is 2. The molecule has 0 unspecified atom stereocenters. The average molecular weight is 397 g/mol. The van der Waals surface area contributed by atoms with Gasteiger partial charge in [0.25, 0.3) is 11.8 Å². The van der Waals surface area contributed by atoms with E-state index in [9.17, 15) is 4.79 Å². The number of fused-ring (bicyclic) bond motifs is 1. The molecule has 0 bridgehead atoms. The molecule has 30 heavy (non-hydrogen) atoms. The first-order valence-corrected chi connectivity index (χ1v) is 9.21. The summed E-state index contributed by atoms with van der Waals surface area (Å²) in [6.07, 6.45) is 0. The van der Waals surface area contributed by atoms with Crippen molar-refractivity contribution in [3.63, 3.8) is 0 Å². The second-order valence-corrected chi connectivity index (χ2v) is 6.46. The van der Waals surface area contributed by atoms with Gasteiger partial charge in [0.05, 0.1) is 0 Å². The van der Waals surface area contributed by atoms with Gasteiger partial charge in [0.2, 0.25) is 0 Å². The topological polar surface area (TPSA) is 90.4 Å². The minimum atomic E-state index is -0.395. The number of nitrogens with one attached hydrogen (secondary N) is 1. The lowest BCUT2D eigenvalue weighted by Gasteiger charge is -2.07. The molecule has 3 aromatic carbocycles. The van der Waals surface area contributed by atoms with Crippen LogP contribution in [0.5, 0.6) is 11.5 Å². The minimum absolute atomic E-state index is 0.0233. The van der Waals surface area contributed by atoms with Crippen LogP contribution in [0.15, 0.2) is 93.8 Å². The van der Waals surface area contributed by atoms with Gasteiger partial charge < -0.3 is 13.6 Å². The number of furan rings is 1. The smallest absolute Gasteiger partial charge is 0.322 e. The molecular weight excluding hydrogens is 382 g/mol. The van der Waals surface area contributed by atoms with Crippen LogP contribution in [0.1, 0.15) is 10.4 Å². The van der Waals surface area contributed by atoms with Crippen LogP contribution < -0.4 is 10.1 Å². The van der Waals surface area contributed by atoms with Crippen molar-refractivity contribution in [3.05, 3.63) is 90.5 Å². The summed E-state index contributed by atoms with van der Waals surface area (Å²) in [6, 6.07) is 25.5. The van der Waals surface area contributed by atoms with Gasteiger partial charge in [-0.1, -0.05) is 47.6 Å². The molecule has 7 nitrogen and oxygen atoms in total. The summed E-state index contributed by atoms with van der Waals surface area (Å²) in [4.78, 5) is 12.6. The van der Waals surface area contributed by atoms with Crippen molar-refractivity contribution in [3.8, 4) is 23.1 Å². The SMILES string of the molecule is O=C(Nc1nnc(-c2cc3ccccc3o2)o1)c1cccc(Oc2ccccc2)c1. The summed E-state index contributed by atoms with van der Waals surface area (Å²) < 4.78 is 17.0. The Morgan fingerprint density at radius 3 is 2.47 bits per heavy atom. The van der Waals surface area contributed by atoms with Crippen LogP contribution in [0.4, 0.5) is 6.01 Å². The number of anilines is 1. The van der Waals surface area contributed by atoms with Gasteiger partial charge in [-0.3, -0.25) is 10.1 Å². The number of amides is 1. The molecule has 5 aromatic rings. The number of benzene rings is 3. The van der Waals surface area contributed by atoms with Gasteiger partial charge in [-0.15, -0.1) is 5.10 Å². The molecule has 2 heterocycles. The van der Waals surface area contributed by atoms with Crippen LogP contribution in [-0.4, -0.2) is 16.1 Å². The third-order valence-corrected chi connectivity index (χ3v) is 4.36. The molecule has 7 heteroatoms. The van der Waals surface area contributed by atoms with Crippen molar-refractivity contribution in [2.45, 2.75) is 0 Å². The molecule has 0 saturated carbocycles. The van der Waals surface area contributed by atoms with Crippen molar-refractivity contribution < 1.29 is 18.4 Å². The molecule has 0 saturated heterocycles. The van der Waals surface area contributed by atoms with Crippen LogP contribution in [0, 0.1) is 0 Å². The summed E-state index contributed by atoms with van der Waals surface area (Å²) in [5, 5.41) is 11.4. The lowest BCUT2D eigenvalue weighted by atomic mass is 10.2. The van der Waals surface area contributed by atoms with Crippen molar-refractivity contribution in [2.24, 2.45) is 0 Å². The molecule has 2 aromatic heterocycles. The maximum Gasteiger partial charge on any atom is 0.322 e. The Balaban J connectivity index is 1.32. The number of para-hydroxylation sites is 2. The summed E-state index contributed by atoms with van der Waals surface area (Å²) in [5.41, 5.74) is 1.11. The molecule has 0 radical (unpaired) electrons. The number of carbonyl (C=O) groups excluding carboxylic acids is 1. The Kier molecular flexibility index (Phi) is 4.46. The average Bonchev–Trinajstić information content (AvgIpc) is 3.41. The van der Waals surface area contributed by atoms with Crippen LogP contribution in [0.3, 0.4) is 0 Å². The Hall–Kier alpha value is -4.39. The fourth-order valence-electron chi connectivity index (χ4n) is 2.96. The molecule has 0 aliphatic carbocycles. The van der Waals surface area contributed by atoms with Gasteiger partial charge in [0, 0.05) is 10.9 Å². The standard InChI is InChI=1S/C23H15N3O4/c27-21(16-8-6-11-18(13-16)28-17-9-2-1-3-10-17)24-23-26-25-22(30-23)20-14-15-7-4-5-12-19(15)29-20/h1-14H,(H,24,26,27). The molecular formula is C23H15N3O4. The number of rotatable bonds is 5. The number of hydrogen-bond acceptors (Lipinski definition) is 6. The first-order chi connectivity index (χ1) is 14.7. The highest BCUT2D eigenvalue weighted by atomic mass is 16.5. The van der Waals surface area contributed by atoms with Gasteiger partial charge in [0.15, 0.2) is 5.76 Å². The molecule has 146 valence electrons. The molecule has 0 aliphatic rings. The van der Waals surface area contributed by atoms with Crippen LogP contribution in [0.25, 0.3) is 22.6 Å². The second-order valence-electron chi connectivity index (χ2n) is 6.46. The van der Waals surface area contributed by atoms with E-state index in [0.29, 0.717) is 28.4 Å². The molecule has 0 fully saturated rings. The highest BCUT2D eigenvalue weighted by Gasteiger charge is 2.16. The van der Waals surface area contributed by atoms with E-state index >= 15 is 0 Å². The zero-order valence-corrected chi connectivity index (χ0v) is 15.6. The molecule has 1 N–H and O–H groups in total. The van der Waals surface area contributed by atoms with Gasteiger partial charge >= 0.3 is 6.01 Å². The minimum Gasteiger partial charge on any atom is -0.457 e. The molecule has 0 atom stereocenters. The predicted octanol–water partition coefficient (Wildman–Crippen LogP) is 5.53. The van der Waals surface area contributed by atoms with Gasteiger partial charge in [-0.25, -0.2) is 0 Å². The quantitative estimate of drug-likeness (QED) is 0.419. The molecule has 0 aliphatic heterocycles. The first kappa shape index (κ1) is 17.7. The van der Waals surface area contributed by atoms with Crippen molar-refractivity contribution in [2.75, 3.05) is 5.32 Å². The largest absolute Gasteiger partial charge is 0.457 e. The lowest BCUT2D eigenvalue weighted by molar-refractivity contribution is 0.102. The summed E-state index contributed by atoms with van der Waals surface area (Å²) in [5.74, 6) is 1.45. The van der Waals surface area contributed by atoms with Crippen molar-refractivity contribution in [1.29, 1.82) is 0 Å². The summed E-state index contributed by atoms with van der Waals surface area (Å²) >= 11 is 0. The Morgan fingerprint density at radius 2 is 1.60 bits per heavy atom. The Bertz CT molecular complexity index is 1290. The maximum atomic E-state index is 12.6. The molecule has 5 rings (SSSR count). The van der Waals surface area contributed by atoms with Crippen molar-refractivity contribution >= 4 is 22.9 Å². The first-order valence-electron chi connectivity index (χ1n) is 9.21. The summed E-state index contributed by atoms with van der Waals surface area (Å²) in [7, 11) is 0. The van der Waals surface area contributed by atoms with E-state index in [-0.39, 0.29) is 11.9 Å². The van der Waals surface area contributed by atoms with Gasteiger partial charge in [-0.2, -0.15) is 0 Å². The predicted molar refractivity (Wildman–Crippen MR) is 110 cm³/mol. The monoisotopic (exact) mass is 397 g/mol.